The van der Waals surface area contributed by atoms with Gasteiger partial charge in [-0.1, -0.05) is 11.6 Å². The van der Waals surface area contributed by atoms with E-state index in [0.717, 1.165) is 6.07 Å². The first-order valence-corrected chi connectivity index (χ1v) is 8.15. The minimum Gasteiger partial charge on any atom is -0.507 e. The third-order valence-corrected chi connectivity index (χ3v) is 3.82. The van der Waals surface area contributed by atoms with Crippen molar-refractivity contribution < 1.29 is 29.0 Å². The van der Waals surface area contributed by atoms with Gasteiger partial charge >= 0.3 is 5.97 Å². The largest absolute Gasteiger partial charge is 0.507 e. The maximum Gasteiger partial charge on any atom is 0.339 e. The lowest BCUT2D eigenvalue weighted by Crippen LogP contribution is -2.11. The first kappa shape index (κ1) is 18.3. The summed E-state index contributed by atoms with van der Waals surface area (Å²) < 4.78 is 11.0. The number of aromatic hydroxyl groups is 1. The predicted octanol–water partition coefficient (Wildman–Crippen LogP) is 4.17. The molecule has 1 amide bonds. The van der Waals surface area contributed by atoms with Gasteiger partial charge in [0.15, 0.2) is 5.76 Å². The van der Waals surface area contributed by atoms with Crippen LogP contribution in [0.1, 0.15) is 26.7 Å². The Hall–Kier alpha value is -3.45. The van der Waals surface area contributed by atoms with Crippen LogP contribution in [0.4, 0.5) is 5.69 Å². The number of ether oxygens (including phenoxy) is 1. The molecule has 1 heterocycles. The molecule has 0 atom stereocenters. The van der Waals surface area contributed by atoms with Crippen molar-refractivity contribution >= 4 is 29.2 Å². The molecule has 7 nitrogen and oxygen atoms in total. The van der Waals surface area contributed by atoms with Crippen molar-refractivity contribution in [3.05, 3.63) is 76.7 Å². The minimum atomic E-state index is -1.26. The number of halogens is 1. The van der Waals surface area contributed by atoms with Crippen molar-refractivity contribution in [2.24, 2.45) is 0 Å². The molecule has 0 fully saturated rings. The molecule has 0 saturated carbocycles. The fraction of sp³-hybridized carbons (Fsp3) is 0.0526. The molecule has 0 bridgehead atoms. The van der Waals surface area contributed by atoms with Crippen molar-refractivity contribution in [1.29, 1.82) is 0 Å². The van der Waals surface area contributed by atoms with E-state index in [1.54, 1.807) is 30.3 Å². The van der Waals surface area contributed by atoms with Crippen molar-refractivity contribution in [2.45, 2.75) is 6.61 Å². The number of anilines is 1. The Kier molecular flexibility index (Phi) is 5.33. The Bertz CT molecular complexity index is 980. The lowest BCUT2D eigenvalue weighted by atomic mass is 10.2. The van der Waals surface area contributed by atoms with Gasteiger partial charge in [0.1, 0.15) is 29.4 Å². The highest BCUT2D eigenvalue weighted by atomic mass is 35.5. The summed E-state index contributed by atoms with van der Waals surface area (Å²) in [4.78, 5) is 23.1. The number of hydrogen-bond acceptors (Lipinski definition) is 5. The molecule has 3 aromatic rings. The summed E-state index contributed by atoms with van der Waals surface area (Å²) in [5.41, 5.74) is -0.0227. The van der Waals surface area contributed by atoms with Crippen LogP contribution in [0, 0.1) is 0 Å². The van der Waals surface area contributed by atoms with Gasteiger partial charge in [-0.3, -0.25) is 4.79 Å². The standard InChI is InChI=1S/C19H14ClNO6/c20-11-1-4-13(5-2-11)26-10-14-6-8-17(27-14)18(23)21-12-3-7-15(19(24)25)16(22)9-12/h1-9,22H,10H2,(H,21,23)(H,24,25). The number of nitrogens with one attached hydrogen (secondary N) is 1. The van der Waals surface area contributed by atoms with Crippen molar-refractivity contribution in [1.82, 2.24) is 0 Å². The highest BCUT2D eigenvalue weighted by Crippen LogP contribution is 2.23. The smallest absolute Gasteiger partial charge is 0.339 e. The minimum absolute atomic E-state index is 0.0477. The Morgan fingerprint density at radius 3 is 2.48 bits per heavy atom. The average Bonchev–Trinajstić information content (AvgIpc) is 3.10. The summed E-state index contributed by atoms with van der Waals surface area (Å²) in [5, 5.41) is 21.7. The van der Waals surface area contributed by atoms with E-state index >= 15 is 0 Å². The number of hydrogen-bond donors (Lipinski definition) is 3. The number of carbonyl (C=O) groups is 2. The lowest BCUT2D eigenvalue weighted by Gasteiger charge is -2.06. The van der Waals surface area contributed by atoms with Crippen LogP contribution in [0.2, 0.25) is 5.02 Å². The summed E-state index contributed by atoms with van der Waals surface area (Å²) in [6.45, 7) is 0.128. The van der Waals surface area contributed by atoms with Crippen LogP contribution in [-0.2, 0) is 6.61 Å². The zero-order chi connectivity index (χ0) is 19.4. The lowest BCUT2D eigenvalue weighted by molar-refractivity contribution is 0.0693. The number of carboxylic acid groups (broad SMARTS) is 1. The van der Waals surface area contributed by atoms with E-state index in [4.69, 9.17) is 25.9 Å². The maximum atomic E-state index is 12.2. The second kappa shape index (κ2) is 7.84. The Balaban J connectivity index is 1.62. The molecule has 2 aromatic carbocycles. The molecule has 0 aliphatic carbocycles. The Morgan fingerprint density at radius 2 is 1.81 bits per heavy atom. The fourth-order valence-electron chi connectivity index (χ4n) is 2.25. The second-order valence-electron chi connectivity index (χ2n) is 5.50. The molecule has 138 valence electrons. The molecule has 0 radical (unpaired) electrons. The summed E-state index contributed by atoms with van der Waals surface area (Å²) in [5.74, 6) is -1.16. The molecule has 0 aliphatic rings. The molecule has 0 saturated heterocycles. The average molecular weight is 388 g/mol. The number of rotatable bonds is 6. The van der Waals surface area contributed by atoms with E-state index in [-0.39, 0.29) is 23.6 Å². The van der Waals surface area contributed by atoms with Crippen LogP contribution in [0.15, 0.2) is 59.0 Å². The van der Waals surface area contributed by atoms with Gasteiger partial charge in [-0.25, -0.2) is 4.79 Å². The number of amides is 1. The van der Waals surface area contributed by atoms with Gasteiger partial charge < -0.3 is 24.7 Å². The summed E-state index contributed by atoms with van der Waals surface area (Å²) in [6.07, 6.45) is 0. The van der Waals surface area contributed by atoms with E-state index in [9.17, 15) is 14.7 Å². The molecule has 0 spiro atoms. The second-order valence-corrected chi connectivity index (χ2v) is 5.94. The fourth-order valence-corrected chi connectivity index (χ4v) is 2.37. The first-order chi connectivity index (χ1) is 12.9. The highest BCUT2D eigenvalue weighted by molar-refractivity contribution is 6.30. The maximum absolute atomic E-state index is 12.2. The van der Waals surface area contributed by atoms with Crippen LogP contribution in [0.5, 0.6) is 11.5 Å². The van der Waals surface area contributed by atoms with E-state index in [1.165, 1.54) is 18.2 Å². The molecule has 3 rings (SSSR count). The van der Waals surface area contributed by atoms with Gasteiger partial charge in [0.05, 0.1) is 0 Å². The number of phenols is 1. The van der Waals surface area contributed by atoms with Crippen LogP contribution in [0.25, 0.3) is 0 Å². The summed E-state index contributed by atoms with van der Waals surface area (Å²) >= 11 is 5.80. The molecule has 8 heteroatoms. The SMILES string of the molecule is O=C(Nc1ccc(C(=O)O)c(O)c1)c1ccc(COc2ccc(Cl)cc2)o1. The molecular weight excluding hydrogens is 374 g/mol. The van der Waals surface area contributed by atoms with Crippen molar-refractivity contribution in [2.75, 3.05) is 5.32 Å². The third kappa shape index (κ3) is 4.59. The van der Waals surface area contributed by atoms with Crippen LogP contribution in [-0.4, -0.2) is 22.1 Å². The first-order valence-electron chi connectivity index (χ1n) is 7.77. The molecular formula is C19H14ClNO6. The van der Waals surface area contributed by atoms with Crippen molar-refractivity contribution in [3.8, 4) is 11.5 Å². The topological polar surface area (TPSA) is 109 Å². The number of carboxylic acids is 1. The monoisotopic (exact) mass is 387 g/mol. The van der Waals surface area contributed by atoms with Gasteiger partial charge in [0.2, 0.25) is 0 Å². The zero-order valence-corrected chi connectivity index (χ0v) is 14.6. The molecule has 1 aromatic heterocycles. The molecule has 0 aliphatic heterocycles. The van der Waals surface area contributed by atoms with Gasteiger partial charge in [0, 0.05) is 16.8 Å². The van der Waals surface area contributed by atoms with Gasteiger partial charge in [-0.15, -0.1) is 0 Å². The quantitative estimate of drug-likeness (QED) is 0.585. The Labute approximate surface area is 158 Å². The normalized spacial score (nSPS) is 10.4. The van der Waals surface area contributed by atoms with Crippen LogP contribution >= 0.6 is 11.6 Å². The molecule has 3 N–H and O–H groups in total. The van der Waals surface area contributed by atoms with Crippen LogP contribution < -0.4 is 10.1 Å². The van der Waals surface area contributed by atoms with Gasteiger partial charge in [-0.05, 0) is 48.5 Å². The Morgan fingerprint density at radius 1 is 1.07 bits per heavy atom. The van der Waals surface area contributed by atoms with E-state index in [1.807, 2.05) is 0 Å². The van der Waals surface area contributed by atoms with Crippen molar-refractivity contribution in [3.63, 3.8) is 0 Å². The van der Waals surface area contributed by atoms with E-state index in [0.29, 0.717) is 16.5 Å². The number of aromatic carboxylic acids is 1. The summed E-state index contributed by atoms with van der Waals surface area (Å²) in [7, 11) is 0. The molecule has 0 unspecified atom stereocenters. The van der Waals surface area contributed by atoms with Gasteiger partial charge in [-0.2, -0.15) is 0 Å². The van der Waals surface area contributed by atoms with Gasteiger partial charge in [0.25, 0.3) is 5.91 Å². The zero-order valence-electron chi connectivity index (χ0n) is 13.8. The number of benzene rings is 2. The van der Waals surface area contributed by atoms with Crippen LogP contribution in [0.3, 0.4) is 0 Å². The summed E-state index contributed by atoms with van der Waals surface area (Å²) in [6, 6.07) is 13.6. The van der Waals surface area contributed by atoms with E-state index < -0.39 is 17.6 Å². The number of furan rings is 1. The predicted molar refractivity (Wildman–Crippen MR) is 97.5 cm³/mol. The number of carbonyl (C=O) groups excluding carboxylic acids is 1. The van der Waals surface area contributed by atoms with E-state index in [2.05, 4.69) is 5.32 Å². The molecule has 27 heavy (non-hydrogen) atoms. The third-order valence-electron chi connectivity index (χ3n) is 3.57. The highest BCUT2D eigenvalue weighted by Gasteiger charge is 2.14.